The van der Waals surface area contributed by atoms with Crippen molar-refractivity contribution in [2.45, 2.75) is 71.4 Å². The first kappa shape index (κ1) is 16.5. The number of rotatable bonds is 5. The van der Waals surface area contributed by atoms with Crippen molar-refractivity contribution in [2.24, 2.45) is 5.41 Å². The Morgan fingerprint density at radius 3 is 2.65 bits per heavy atom. The zero-order valence-corrected chi connectivity index (χ0v) is 14.8. The number of aryl methyl sites for hydroxylation is 2. The summed E-state index contributed by atoms with van der Waals surface area (Å²) in [4.78, 5) is 14.8. The first-order chi connectivity index (χ1) is 11.0. The van der Waals surface area contributed by atoms with E-state index in [0.29, 0.717) is 18.6 Å². The van der Waals surface area contributed by atoms with Crippen LogP contribution >= 0.6 is 0 Å². The molecule has 2 fully saturated rings. The Morgan fingerprint density at radius 2 is 2.09 bits per heavy atom. The highest BCUT2D eigenvalue weighted by molar-refractivity contribution is 5.79. The predicted molar refractivity (Wildman–Crippen MR) is 89.3 cm³/mol. The number of ether oxygens (including phenoxy) is 1. The van der Waals surface area contributed by atoms with Gasteiger partial charge in [0.15, 0.2) is 0 Å². The molecule has 1 N–H and O–H groups in total. The number of nitrogens with zero attached hydrogens (tertiary/aromatic N) is 2. The van der Waals surface area contributed by atoms with E-state index in [9.17, 15) is 4.79 Å². The maximum Gasteiger partial charge on any atom is 0.227 e. The highest BCUT2D eigenvalue weighted by Crippen LogP contribution is 2.56. The van der Waals surface area contributed by atoms with E-state index in [0.717, 1.165) is 30.0 Å². The second kappa shape index (κ2) is 6.27. The summed E-state index contributed by atoms with van der Waals surface area (Å²) in [5.41, 5.74) is 3.19. The molecule has 0 aliphatic heterocycles. The molecule has 128 valence electrons. The minimum Gasteiger partial charge on any atom is -0.378 e. The molecule has 1 heterocycles. The number of nitrogens with one attached hydrogen (secondary N) is 1. The number of aromatic nitrogens is 2. The van der Waals surface area contributed by atoms with Crippen molar-refractivity contribution >= 4 is 5.91 Å². The van der Waals surface area contributed by atoms with Gasteiger partial charge in [-0.25, -0.2) is 0 Å². The number of hydrogen-bond acceptors (Lipinski definition) is 3. The van der Waals surface area contributed by atoms with Crippen LogP contribution in [-0.4, -0.2) is 46.8 Å². The van der Waals surface area contributed by atoms with Gasteiger partial charge >= 0.3 is 0 Å². The summed E-state index contributed by atoms with van der Waals surface area (Å²) in [5, 5.41) is 7.17. The predicted octanol–water partition coefficient (Wildman–Crippen LogP) is 2.77. The van der Waals surface area contributed by atoms with Crippen LogP contribution in [0.5, 0.6) is 0 Å². The van der Waals surface area contributed by atoms with Gasteiger partial charge in [0, 0.05) is 36.4 Å². The van der Waals surface area contributed by atoms with Crippen molar-refractivity contribution in [1.29, 1.82) is 0 Å². The molecular weight excluding hydrogens is 290 g/mol. The lowest BCUT2D eigenvalue weighted by molar-refractivity contribution is -0.172. The number of likely N-dealkylation sites (N-methyl/N-ethyl adjacent to an activating group) is 1. The average Bonchev–Trinajstić information content (AvgIpc) is 3.14. The molecule has 23 heavy (non-hydrogen) atoms. The lowest BCUT2D eigenvalue weighted by Gasteiger charge is -2.57. The Labute approximate surface area is 138 Å². The summed E-state index contributed by atoms with van der Waals surface area (Å²) in [5.74, 6) is 0.198. The SMILES string of the molecule is CCOC1CC(N(C)C(=O)Cc2c(C)n[nH]c2C)C12CCCC2. The Morgan fingerprint density at radius 1 is 1.39 bits per heavy atom. The molecule has 1 aromatic heterocycles. The smallest absolute Gasteiger partial charge is 0.227 e. The van der Waals surface area contributed by atoms with E-state index in [4.69, 9.17) is 4.74 Å². The van der Waals surface area contributed by atoms with Crippen molar-refractivity contribution in [3.05, 3.63) is 17.0 Å². The second-order valence-electron chi connectivity index (χ2n) is 7.23. The summed E-state index contributed by atoms with van der Waals surface area (Å²) >= 11 is 0. The molecule has 5 nitrogen and oxygen atoms in total. The van der Waals surface area contributed by atoms with E-state index in [1.165, 1.54) is 25.7 Å². The van der Waals surface area contributed by atoms with E-state index in [2.05, 4.69) is 17.1 Å². The van der Waals surface area contributed by atoms with Gasteiger partial charge in [-0.2, -0.15) is 5.10 Å². The normalized spacial score (nSPS) is 25.6. The number of amides is 1. The fraction of sp³-hybridized carbons (Fsp3) is 0.778. The molecule has 5 heteroatoms. The largest absolute Gasteiger partial charge is 0.378 e. The lowest BCUT2D eigenvalue weighted by atomic mass is 9.60. The summed E-state index contributed by atoms with van der Waals surface area (Å²) in [6, 6.07) is 0.335. The molecule has 0 bridgehead atoms. The Hall–Kier alpha value is -1.36. The third kappa shape index (κ3) is 2.69. The number of carbonyl (C=O) groups excluding carboxylic acids is 1. The van der Waals surface area contributed by atoms with Crippen molar-refractivity contribution < 1.29 is 9.53 Å². The number of carbonyl (C=O) groups is 1. The molecular formula is C18H29N3O2. The molecule has 0 saturated heterocycles. The van der Waals surface area contributed by atoms with E-state index in [-0.39, 0.29) is 11.3 Å². The molecule has 0 aromatic carbocycles. The van der Waals surface area contributed by atoms with Crippen molar-refractivity contribution in [3.63, 3.8) is 0 Å². The van der Waals surface area contributed by atoms with Crippen LogP contribution in [0.25, 0.3) is 0 Å². The second-order valence-corrected chi connectivity index (χ2v) is 7.23. The molecule has 1 amide bonds. The Bertz CT molecular complexity index is 555. The molecule has 1 spiro atoms. The monoisotopic (exact) mass is 319 g/mol. The molecule has 2 aliphatic carbocycles. The van der Waals surface area contributed by atoms with Gasteiger partial charge in [-0.3, -0.25) is 9.89 Å². The van der Waals surface area contributed by atoms with E-state index < -0.39 is 0 Å². The van der Waals surface area contributed by atoms with E-state index in [1.54, 1.807) is 0 Å². The van der Waals surface area contributed by atoms with Crippen LogP contribution in [-0.2, 0) is 16.0 Å². The molecule has 3 rings (SSSR count). The van der Waals surface area contributed by atoms with Crippen LogP contribution in [0.2, 0.25) is 0 Å². The zero-order valence-electron chi connectivity index (χ0n) is 14.8. The quantitative estimate of drug-likeness (QED) is 0.908. The molecule has 2 saturated carbocycles. The maximum absolute atomic E-state index is 12.8. The van der Waals surface area contributed by atoms with Crippen LogP contribution in [0.15, 0.2) is 0 Å². The molecule has 0 radical (unpaired) electrons. The number of H-pyrrole nitrogens is 1. The third-order valence-electron chi connectivity index (χ3n) is 6.11. The Balaban J connectivity index is 1.70. The van der Waals surface area contributed by atoms with Crippen LogP contribution in [0.4, 0.5) is 0 Å². The summed E-state index contributed by atoms with van der Waals surface area (Å²) in [7, 11) is 1.97. The Kier molecular flexibility index (Phi) is 4.50. The topological polar surface area (TPSA) is 58.2 Å². The highest BCUT2D eigenvalue weighted by Gasteiger charge is 2.58. The average molecular weight is 319 g/mol. The van der Waals surface area contributed by atoms with Gasteiger partial charge in [-0.1, -0.05) is 12.8 Å². The molecule has 2 aliphatic rings. The van der Waals surface area contributed by atoms with Gasteiger partial charge in [0.05, 0.1) is 18.2 Å². The summed E-state index contributed by atoms with van der Waals surface area (Å²) in [6.07, 6.45) is 6.70. The van der Waals surface area contributed by atoms with Crippen molar-refractivity contribution in [1.82, 2.24) is 15.1 Å². The fourth-order valence-electron chi connectivity index (χ4n) is 4.68. The summed E-state index contributed by atoms with van der Waals surface area (Å²) in [6.45, 7) is 6.77. The highest BCUT2D eigenvalue weighted by atomic mass is 16.5. The van der Waals surface area contributed by atoms with Crippen LogP contribution in [0, 0.1) is 19.3 Å². The van der Waals surface area contributed by atoms with Crippen LogP contribution in [0.1, 0.15) is 56.0 Å². The minimum absolute atomic E-state index is 0.198. The molecule has 2 unspecified atom stereocenters. The first-order valence-corrected chi connectivity index (χ1v) is 8.87. The maximum atomic E-state index is 12.8. The van der Waals surface area contributed by atoms with Gasteiger partial charge in [-0.05, 0) is 40.0 Å². The van der Waals surface area contributed by atoms with Crippen LogP contribution < -0.4 is 0 Å². The third-order valence-corrected chi connectivity index (χ3v) is 6.11. The minimum atomic E-state index is 0.198. The van der Waals surface area contributed by atoms with Gasteiger partial charge in [0.1, 0.15) is 0 Å². The van der Waals surface area contributed by atoms with E-state index in [1.807, 2.05) is 25.8 Å². The van der Waals surface area contributed by atoms with Gasteiger partial charge in [-0.15, -0.1) is 0 Å². The van der Waals surface area contributed by atoms with Crippen molar-refractivity contribution in [3.8, 4) is 0 Å². The van der Waals surface area contributed by atoms with Gasteiger partial charge in [0.2, 0.25) is 5.91 Å². The molecule has 2 atom stereocenters. The standard InChI is InChI=1S/C18H29N3O2/c1-5-23-16-11-15(18(16)8-6-7-9-18)21(4)17(22)10-14-12(2)19-20-13(14)3/h15-16H,5-11H2,1-4H3,(H,19,20). The lowest BCUT2D eigenvalue weighted by Crippen LogP contribution is -2.64. The fourth-order valence-corrected chi connectivity index (χ4v) is 4.68. The first-order valence-electron chi connectivity index (χ1n) is 8.87. The van der Waals surface area contributed by atoms with Gasteiger partial charge < -0.3 is 9.64 Å². The number of aromatic amines is 1. The number of hydrogen-bond donors (Lipinski definition) is 1. The van der Waals surface area contributed by atoms with Crippen molar-refractivity contribution in [2.75, 3.05) is 13.7 Å². The zero-order chi connectivity index (χ0) is 16.6. The molecule has 1 aromatic rings. The van der Waals surface area contributed by atoms with Gasteiger partial charge in [0.25, 0.3) is 0 Å². The summed E-state index contributed by atoms with van der Waals surface area (Å²) < 4.78 is 5.97. The van der Waals surface area contributed by atoms with E-state index >= 15 is 0 Å². The van der Waals surface area contributed by atoms with Crippen LogP contribution in [0.3, 0.4) is 0 Å².